The lowest BCUT2D eigenvalue weighted by molar-refractivity contribution is 0.389. The fraction of sp³-hybridized carbons (Fsp3) is 0.222. The maximum Gasteiger partial charge on any atom is 0.242 e. The molecular formula is C18H17ClN2O3S. The van der Waals surface area contributed by atoms with Crippen LogP contribution in [0.1, 0.15) is 17.9 Å². The van der Waals surface area contributed by atoms with Crippen molar-refractivity contribution in [2.45, 2.75) is 18.6 Å². The second kappa shape index (κ2) is 7.80. The van der Waals surface area contributed by atoms with E-state index in [0.29, 0.717) is 17.3 Å². The van der Waals surface area contributed by atoms with Crippen LogP contribution in [-0.4, -0.2) is 24.3 Å². The monoisotopic (exact) mass is 376 g/mol. The summed E-state index contributed by atoms with van der Waals surface area (Å²) in [7, 11) is -3.30. The lowest BCUT2D eigenvalue weighted by Gasteiger charge is -2.02. The van der Waals surface area contributed by atoms with Crippen LogP contribution in [0.4, 0.5) is 0 Å². The van der Waals surface area contributed by atoms with Gasteiger partial charge in [-0.25, -0.2) is 8.42 Å². The van der Waals surface area contributed by atoms with Gasteiger partial charge in [0, 0.05) is 10.6 Å². The summed E-state index contributed by atoms with van der Waals surface area (Å²) < 4.78 is 29.5. The maximum atomic E-state index is 12.2. The van der Waals surface area contributed by atoms with E-state index in [9.17, 15) is 8.42 Å². The normalized spacial score (nSPS) is 11.6. The second-order valence-corrected chi connectivity index (χ2v) is 8.32. The second-order valence-electron chi connectivity index (χ2n) is 5.70. The summed E-state index contributed by atoms with van der Waals surface area (Å²) in [6, 6.07) is 16.7. The van der Waals surface area contributed by atoms with E-state index < -0.39 is 9.84 Å². The number of benzene rings is 2. The third kappa shape index (κ3) is 5.14. The molecule has 7 heteroatoms. The first-order valence-electron chi connectivity index (χ1n) is 7.85. The molecule has 5 nitrogen and oxygen atoms in total. The Hall–Kier alpha value is -2.18. The average Bonchev–Trinajstić information content (AvgIpc) is 3.04. The minimum absolute atomic E-state index is 0.0839. The lowest BCUT2D eigenvalue weighted by Crippen LogP contribution is -2.10. The number of hydrogen-bond acceptors (Lipinski definition) is 5. The van der Waals surface area contributed by atoms with Crippen LogP contribution in [0, 0.1) is 0 Å². The summed E-state index contributed by atoms with van der Waals surface area (Å²) >= 11 is 5.84. The highest BCUT2D eigenvalue weighted by molar-refractivity contribution is 7.90. The van der Waals surface area contributed by atoms with Crippen molar-refractivity contribution in [3.63, 3.8) is 0 Å². The summed E-state index contributed by atoms with van der Waals surface area (Å²) in [5.74, 6) is 0.291. The molecule has 0 aliphatic carbocycles. The number of aryl methyl sites for hydroxylation is 1. The molecule has 0 aliphatic rings. The fourth-order valence-electron chi connectivity index (χ4n) is 2.43. The Kier molecular flexibility index (Phi) is 5.50. The molecule has 0 spiro atoms. The number of sulfone groups is 1. The van der Waals surface area contributed by atoms with E-state index in [1.54, 1.807) is 24.3 Å². The Morgan fingerprint density at radius 2 is 1.72 bits per heavy atom. The third-order valence-electron chi connectivity index (χ3n) is 3.68. The van der Waals surface area contributed by atoms with E-state index in [0.717, 1.165) is 17.5 Å². The van der Waals surface area contributed by atoms with Gasteiger partial charge in [0.05, 0.1) is 5.75 Å². The third-order valence-corrected chi connectivity index (χ3v) is 5.53. The van der Waals surface area contributed by atoms with Crippen molar-refractivity contribution in [1.82, 2.24) is 10.1 Å². The van der Waals surface area contributed by atoms with Crippen molar-refractivity contribution in [3.05, 3.63) is 71.1 Å². The van der Waals surface area contributed by atoms with Crippen molar-refractivity contribution in [2.75, 3.05) is 5.75 Å². The van der Waals surface area contributed by atoms with E-state index in [4.69, 9.17) is 16.1 Å². The molecular weight excluding hydrogens is 360 g/mol. The summed E-state index contributed by atoms with van der Waals surface area (Å²) in [5, 5.41) is 4.44. The molecule has 0 atom stereocenters. The minimum atomic E-state index is -3.30. The van der Waals surface area contributed by atoms with Gasteiger partial charge in [-0.15, -0.1) is 0 Å². The molecule has 0 bridgehead atoms. The summed E-state index contributed by atoms with van der Waals surface area (Å²) in [5.41, 5.74) is 1.85. The van der Waals surface area contributed by atoms with Gasteiger partial charge in [0.15, 0.2) is 9.84 Å². The van der Waals surface area contributed by atoms with Gasteiger partial charge >= 0.3 is 0 Å². The quantitative estimate of drug-likeness (QED) is 0.624. The molecule has 1 heterocycles. The molecule has 0 fully saturated rings. The molecule has 3 aromatic rings. The average molecular weight is 377 g/mol. The summed E-state index contributed by atoms with van der Waals surface area (Å²) in [6.45, 7) is 0. The number of aromatic nitrogens is 2. The predicted molar refractivity (Wildman–Crippen MR) is 97.0 cm³/mol. The first-order chi connectivity index (χ1) is 12.0. The largest absolute Gasteiger partial charge is 0.338 e. The van der Waals surface area contributed by atoms with Crippen LogP contribution in [0.5, 0.6) is 0 Å². The Balaban J connectivity index is 1.58. The van der Waals surface area contributed by atoms with Gasteiger partial charge in [0.2, 0.25) is 11.7 Å². The van der Waals surface area contributed by atoms with E-state index in [2.05, 4.69) is 10.1 Å². The van der Waals surface area contributed by atoms with Gasteiger partial charge in [0.25, 0.3) is 0 Å². The molecule has 0 N–H and O–H groups in total. The Labute approximate surface area is 151 Å². The van der Waals surface area contributed by atoms with Crippen molar-refractivity contribution >= 4 is 21.4 Å². The molecule has 0 radical (unpaired) electrons. The highest BCUT2D eigenvalue weighted by atomic mass is 35.5. The van der Waals surface area contributed by atoms with Crippen molar-refractivity contribution in [1.29, 1.82) is 0 Å². The van der Waals surface area contributed by atoms with Crippen LogP contribution in [0.25, 0.3) is 11.4 Å². The minimum Gasteiger partial charge on any atom is -0.338 e. The van der Waals surface area contributed by atoms with Crippen LogP contribution in [0.2, 0.25) is 5.02 Å². The fourth-order valence-corrected chi connectivity index (χ4v) is 3.78. The van der Waals surface area contributed by atoms with E-state index >= 15 is 0 Å². The topological polar surface area (TPSA) is 73.1 Å². The first kappa shape index (κ1) is 17.6. The molecule has 1 aromatic heterocycles. The van der Waals surface area contributed by atoms with Crippen LogP contribution in [0.15, 0.2) is 59.1 Å². The molecule has 0 amide bonds. The molecule has 25 heavy (non-hydrogen) atoms. The van der Waals surface area contributed by atoms with Gasteiger partial charge in [-0.3, -0.25) is 0 Å². The Bertz CT molecular complexity index is 922. The van der Waals surface area contributed by atoms with Crippen molar-refractivity contribution < 1.29 is 12.9 Å². The smallest absolute Gasteiger partial charge is 0.242 e. The molecule has 130 valence electrons. The number of hydrogen-bond donors (Lipinski definition) is 0. The molecule has 0 saturated carbocycles. The van der Waals surface area contributed by atoms with E-state index in [1.165, 1.54) is 0 Å². The summed E-state index contributed by atoms with van der Waals surface area (Å²) in [6.07, 6.45) is 1.28. The van der Waals surface area contributed by atoms with E-state index in [-0.39, 0.29) is 17.4 Å². The van der Waals surface area contributed by atoms with Gasteiger partial charge in [-0.2, -0.15) is 4.98 Å². The lowest BCUT2D eigenvalue weighted by atomic mass is 10.1. The molecule has 0 aliphatic heterocycles. The highest BCUT2D eigenvalue weighted by Gasteiger charge is 2.17. The number of halogens is 1. The van der Waals surface area contributed by atoms with Gasteiger partial charge in [-0.1, -0.05) is 47.1 Å². The summed E-state index contributed by atoms with van der Waals surface area (Å²) in [4.78, 5) is 4.16. The molecule has 0 unspecified atom stereocenters. The van der Waals surface area contributed by atoms with Crippen LogP contribution >= 0.6 is 11.6 Å². The van der Waals surface area contributed by atoms with Crippen LogP contribution in [0.3, 0.4) is 0 Å². The zero-order chi connectivity index (χ0) is 17.7. The molecule has 3 rings (SSSR count). The standard InChI is InChI=1S/C18H17ClN2O3S/c19-16-10-8-15(9-11-16)18-20-17(24-21-18)13-25(22,23)12-4-7-14-5-2-1-3-6-14/h1-3,5-6,8-11H,4,7,12-13H2. The Morgan fingerprint density at radius 1 is 1.00 bits per heavy atom. The number of nitrogens with zero attached hydrogens (tertiary/aromatic N) is 2. The van der Waals surface area contributed by atoms with Gasteiger partial charge < -0.3 is 4.52 Å². The van der Waals surface area contributed by atoms with Crippen LogP contribution < -0.4 is 0 Å². The van der Waals surface area contributed by atoms with Crippen LogP contribution in [-0.2, 0) is 22.0 Å². The van der Waals surface area contributed by atoms with E-state index in [1.807, 2.05) is 30.3 Å². The predicted octanol–water partition coefficient (Wildman–Crippen LogP) is 3.94. The number of rotatable bonds is 7. The zero-order valence-corrected chi connectivity index (χ0v) is 15.0. The van der Waals surface area contributed by atoms with Crippen molar-refractivity contribution in [3.8, 4) is 11.4 Å². The zero-order valence-electron chi connectivity index (χ0n) is 13.4. The molecule has 0 saturated heterocycles. The highest BCUT2D eigenvalue weighted by Crippen LogP contribution is 2.19. The Morgan fingerprint density at radius 3 is 2.44 bits per heavy atom. The van der Waals surface area contributed by atoms with Gasteiger partial charge in [0.1, 0.15) is 5.75 Å². The molecule has 2 aromatic carbocycles. The van der Waals surface area contributed by atoms with Gasteiger partial charge in [-0.05, 0) is 42.7 Å². The van der Waals surface area contributed by atoms with Crippen molar-refractivity contribution in [2.24, 2.45) is 0 Å². The maximum absolute atomic E-state index is 12.2. The SMILES string of the molecule is O=S(=O)(CCCc1ccccc1)Cc1nc(-c2ccc(Cl)cc2)no1. The first-order valence-corrected chi connectivity index (χ1v) is 10.0.